The monoisotopic (exact) mass is 410 g/mol. The van der Waals surface area contributed by atoms with Gasteiger partial charge in [0.05, 0.1) is 5.41 Å². The SMILES string of the molecule is CC(C)C1=C[C@@]23CC[C@@H]4[C@](C)(CCC[C@@]4(C)C(=O)O)[C@H]2C[C@H]1[C@H]1C(=O)C=CC(=O)[C@H]13. The van der Waals surface area contributed by atoms with Crippen LogP contribution in [0.15, 0.2) is 23.8 Å². The number of allylic oxidation sites excluding steroid dienone is 4. The van der Waals surface area contributed by atoms with Crippen molar-refractivity contribution >= 4 is 17.5 Å². The minimum Gasteiger partial charge on any atom is -0.481 e. The van der Waals surface area contributed by atoms with E-state index in [-0.39, 0.29) is 52.0 Å². The van der Waals surface area contributed by atoms with Crippen molar-refractivity contribution in [3.63, 3.8) is 0 Å². The van der Waals surface area contributed by atoms with E-state index in [9.17, 15) is 19.5 Å². The van der Waals surface area contributed by atoms with Gasteiger partial charge in [-0.05, 0) is 80.3 Å². The van der Waals surface area contributed by atoms with Gasteiger partial charge in [-0.15, -0.1) is 0 Å². The summed E-state index contributed by atoms with van der Waals surface area (Å²) in [6.07, 6.45) is 10.8. The van der Waals surface area contributed by atoms with E-state index in [0.29, 0.717) is 5.92 Å². The van der Waals surface area contributed by atoms with Gasteiger partial charge in [0.2, 0.25) is 0 Å². The van der Waals surface area contributed by atoms with E-state index in [1.807, 2.05) is 6.92 Å². The molecule has 0 heterocycles. The minimum absolute atomic E-state index is 0.101. The number of ketones is 2. The Morgan fingerprint density at radius 1 is 1.07 bits per heavy atom. The Morgan fingerprint density at radius 3 is 2.43 bits per heavy atom. The standard InChI is InChI=1S/C26H34O4/c1-14(2)16-13-26-11-8-19-24(3,9-5-10-25(19,4)23(29)30)20(26)12-15(16)21-17(27)6-7-18(28)22(21)26/h6-7,13-15,19-22H,5,8-12H2,1-4H3,(H,29,30)/t15-,19-,20-,21+,22-,24+,25-,26+/m1/s1. The fourth-order valence-electron chi connectivity index (χ4n) is 9.05. The molecule has 0 aromatic carbocycles. The Balaban J connectivity index is 1.68. The van der Waals surface area contributed by atoms with Crippen LogP contribution in [0.1, 0.15) is 66.2 Å². The molecule has 3 saturated carbocycles. The van der Waals surface area contributed by atoms with Crippen LogP contribution in [0.2, 0.25) is 0 Å². The lowest BCUT2D eigenvalue weighted by atomic mass is 9.33. The quantitative estimate of drug-likeness (QED) is 0.662. The molecule has 162 valence electrons. The van der Waals surface area contributed by atoms with Crippen molar-refractivity contribution in [2.75, 3.05) is 0 Å². The second-order valence-electron chi connectivity index (χ2n) is 11.6. The van der Waals surface area contributed by atoms with E-state index in [2.05, 4.69) is 26.8 Å². The smallest absolute Gasteiger partial charge is 0.309 e. The second-order valence-corrected chi connectivity index (χ2v) is 11.6. The fraction of sp³-hybridized carbons (Fsp3) is 0.731. The summed E-state index contributed by atoms with van der Waals surface area (Å²) in [5.74, 6) is 0.00398. The predicted molar refractivity (Wildman–Crippen MR) is 114 cm³/mol. The van der Waals surface area contributed by atoms with Gasteiger partial charge in [-0.1, -0.05) is 38.8 Å². The largest absolute Gasteiger partial charge is 0.481 e. The predicted octanol–water partition coefficient (Wildman–Crippen LogP) is 4.84. The van der Waals surface area contributed by atoms with Gasteiger partial charge in [0.15, 0.2) is 11.6 Å². The van der Waals surface area contributed by atoms with Crippen LogP contribution in [-0.4, -0.2) is 22.6 Å². The normalized spacial score (nSPS) is 49.4. The van der Waals surface area contributed by atoms with Gasteiger partial charge in [-0.2, -0.15) is 0 Å². The minimum atomic E-state index is -0.693. The van der Waals surface area contributed by atoms with Gasteiger partial charge in [0.1, 0.15) is 0 Å². The second kappa shape index (κ2) is 6.17. The first kappa shape index (κ1) is 20.2. The third-order valence-corrected chi connectivity index (χ3v) is 10.2. The lowest BCUT2D eigenvalue weighted by molar-refractivity contribution is -0.197. The van der Waals surface area contributed by atoms with E-state index in [4.69, 9.17) is 0 Å². The van der Waals surface area contributed by atoms with Gasteiger partial charge in [0, 0.05) is 17.3 Å². The number of fused-ring (bicyclic) bond motifs is 1. The Labute approximate surface area is 179 Å². The number of aliphatic carboxylic acids is 1. The van der Waals surface area contributed by atoms with E-state index in [1.165, 1.54) is 17.7 Å². The molecular formula is C26H34O4. The molecule has 1 N–H and O–H groups in total. The van der Waals surface area contributed by atoms with Crippen LogP contribution in [-0.2, 0) is 14.4 Å². The Bertz CT molecular complexity index is 897. The highest BCUT2D eigenvalue weighted by molar-refractivity contribution is 6.08. The Hall–Kier alpha value is -1.71. The molecular weight excluding hydrogens is 376 g/mol. The molecule has 6 aliphatic rings. The molecule has 0 saturated heterocycles. The van der Waals surface area contributed by atoms with E-state index >= 15 is 0 Å². The van der Waals surface area contributed by atoms with Crippen molar-refractivity contribution in [3.05, 3.63) is 23.8 Å². The molecule has 6 rings (SSSR count). The van der Waals surface area contributed by atoms with E-state index in [0.717, 1.165) is 38.5 Å². The molecule has 2 bridgehead atoms. The summed E-state index contributed by atoms with van der Waals surface area (Å²) in [5.41, 5.74) is 0.277. The molecule has 8 atom stereocenters. The molecule has 0 aromatic heterocycles. The third kappa shape index (κ3) is 2.26. The van der Waals surface area contributed by atoms with Crippen molar-refractivity contribution in [3.8, 4) is 0 Å². The lowest BCUT2D eigenvalue weighted by Gasteiger charge is -2.69. The zero-order valence-corrected chi connectivity index (χ0v) is 18.6. The highest BCUT2D eigenvalue weighted by Crippen LogP contribution is 2.73. The molecule has 0 aromatic rings. The Kier molecular flexibility index (Phi) is 4.16. The van der Waals surface area contributed by atoms with Crippen LogP contribution in [0.25, 0.3) is 0 Å². The van der Waals surface area contributed by atoms with Crippen LogP contribution in [0.5, 0.6) is 0 Å². The molecule has 0 aliphatic heterocycles. The van der Waals surface area contributed by atoms with Crippen molar-refractivity contribution in [2.45, 2.75) is 66.2 Å². The summed E-state index contributed by atoms with van der Waals surface area (Å²) < 4.78 is 0. The summed E-state index contributed by atoms with van der Waals surface area (Å²) in [5, 5.41) is 10.1. The maximum Gasteiger partial charge on any atom is 0.309 e. The maximum absolute atomic E-state index is 13.2. The van der Waals surface area contributed by atoms with Gasteiger partial charge in [-0.25, -0.2) is 0 Å². The fourth-order valence-corrected chi connectivity index (χ4v) is 9.05. The van der Waals surface area contributed by atoms with Crippen LogP contribution >= 0.6 is 0 Å². The van der Waals surface area contributed by atoms with Gasteiger partial charge in [0.25, 0.3) is 0 Å². The summed E-state index contributed by atoms with van der Waals surface area (Å²) >= 11 is 0. The highest BCUT2D eigenvalue weighted by Gasteiger charge is 2.70. The number of hydrogen-bond acceptors (Lipinski definition) is 3. The summed E-state index contributed by atoms with van der Waals surface area (Å²) in [7, 11) is 0. The highest BCUT2D eigenvalue weighted by atomic mass is 16.4. The summed E-state index contributed by atoms with van der Waals surface area (Å²) in [4.78, 5) is 38.6. The van der Waals surface area contributed by atoms with Gasteiger partial charge in [-0.3, -0.25) is 14.4 Å². The summed E-state index contributed by atoms with van der Waals surface area (Å²) in [6.45, 7) is 8.67. The van der Waals surface area contributed by atoms with Crippen LogP contribution in [0, 0.1) is 51.8 Å². The first-order chi connectivity index (χ1) is 14.1. The van der Waals surface area contributed by atoms with Crippen molar-refractivity contribution < 1.29 is 19.5 Å². The third-order valence-electron chi connectivity index (χ3n) is 10.2. The molecule has 3 fully saturated rings. The molecule has 0 unspecified atom stereocenters. The zero-order valence-electron chi connectivity index (χ0n) is 18.6. The van der Waals surface area contributed by atoms with E-state index < -0.39 is 11.4 Å². The van der Waals surface area contributed by atoms with Crippen LogP contribution in [0.3, 0.4) is 0 Å². The first-order valence-electron chi connectivity index (χ1n) is 11.8. The van der Waals surface area contributed by atoms with E-state index in [1.54, 1.807) is 0 Å². The van der Waals surface area contributed by atoms with Crippen LogP contribution in [0.4, 0.5) is 0 Å². The van der Waals surface area contributed by atoms with Gasteiger partial charge >= 0.3 is 5.97 Å². The average Bonchev–Trinajstić information content (AvgIpc) is 2.69. The summed E-state index contributed by atoms with van der Waals surface area (Å²) in [6, 6.07) is 0. The topological polar surface area (TPSA) is 71.4 Å². The maximum atomic E-state index is 13.2. The number of carbonyl (C=O) groups is 3. The molecule has 0 radical (unpaired) electrons. The number of carbonyl (C=O) groups excluding carboxylic acids is 2. The average molecular weight is 411 g/mol. The van der Waals surface area contributed by atoms with Crippen molar-refractivity contribution in [1.29, 1.82) is 0 Å². The number of rotatable bonds is 2. The number of hydrogen-bond donors (Lipinski definition) is 1. The van der Waals surface area contributed by atoms with Crippen molar-refractivity contribution in [1.82, 2.24) is 0 Å². The Morgan fingerprint density at radius 2 is 1.77 bits per heavy atom. The molecule has 1 spiro atoms. The zero-order chi connectivity index (χ0) is 21.6. The number of carboxylic acids is 1. The molecule has 4 heteroatoms. The lowest BCUT2D eigenvalue weighted by Crippen LogP contribution is -2.66. The van der Waals surface area contributed by atoms with Crippen LogP contribution < -0.4 is 0 Å². The number of carboxylic acid groups (broad SMARTS) is 1. The molecule has 0 amide bonds. The van der Waals surface area contributed by atoms with Crippen molar-refractivity contribution in [2.24, 2.45) is 51.8 Å². The molecule has 6 aliphatic carbocycles. The van der Waals surface area contributed by atoms with Gasteiger partial charge < -0.3 is 5.11 Å². The molecule has 30 heavy (non-hydrogen) atoms. The first-order valence-corrected chi connectivity index (χ1v) is 11.8. The molecule has 4 nitrogen and oxygen atoms in total.